The molecule has 180 valence electrons. The van der Waals surface area contributed by atoms with Gasteiger partial charge in [-0.25, -0.2) is 13.9 Å². The van der Waals surface area contributed by atoms with Crippen LogP contribution in [0.5, 0.6) is 11.5 Å². The number of thioether (sulfide) groups is 1. The van der Waals surface area contributed by atoms with Crippen LogP contribution in [0.2, 0.25) is 0 Å². The van der Waals surface area contributed by atoms with E-state index in [0.29, 0.717) is 18.6 Å². The molecule has 0 unspecified atom stereocenters. The highest BCUT2D eigenvalue weighted by atomic mass is 32.2. The van der Waals surface area contributed by atoms with Gasteiger partial charge in [-0.1, -0.05) is 6.07 Å². The minimum Gasteiger partial charge on any atom is -0.496 e. The molecule has 0 bridgehead atoms. The minimum absolute atomic E-state index is 0.00650. The number of nitrogens with zero attached hydrogens (tertiary/aromatic N) is 1. The Kier molecular flexibility index (Phi) is 7.77. The van der Waals surface area contributed by atoms with Gasteiger partial charge < -0.3 is 9.47 Å². The second kappa shape index (κ2) is 10.2. The summed E-state index contributed by atoms with van der Waals surface area (Å²) < 4.78 is 75.8. The van der Waals surface area contributed by atoms with Crippen LogP contribution < -0.4 is 15.0 Å². The van der Waals surface area contributed by atoms with Crippen molar-refractivity contribution in [3.63, 3.8) is 0 Å². The zero-order valence-corrected chi connectivity index (χ0v) is 19.0. The Hall–Kier alpha value is -2.48. The van der Waals surface area contributed by atoms with E-state index in [1.165, 1.54) is 59.4 Å². The topological polar surface area (TPSA) is 105 Å². The first kappa shape index (κ1) is 25.1. The van der Waals surface area contributed by atoms with Gasteiger partial charge in [0.15, 0.2) is 0 Å². The molecule has 1 amide bonds. The van der Waals surface area contributed by atoms with Crippen LogP contribution in [0.3, 0.4) is 0 Å². The smallest absolute Gasteiger partial charge is 0.446 e. The number of sulfonamides is 1. The van der Waals surface area contributed by atoms with Crippen molar-refractivity contribution >= 4 is 27.7 Å². The van der Waals surface area contributed by atoms with Gasteiger partial charge in [0.1, 0.15) is 23.2 Å². The lowest BCUT2D eigenvalue weighted by atomic mass is 10.1. The van der Waals surface area contributed by atoms with Crippen LogP contribution >= 0.6 is 11.8 Å². The van der Waals surface area contributed by atoms with Crippen LogP contribution in [-0.2, 0) is 10.0 Å². The number of piperidine rings is 1. The van der Waals surface area contributed by atoms with Crippen molar-refractivity contribution in [3.8, 4) is 11.5 Å². The second-order valence-electron chi connectivity index (χ2n) is 7.01. The number of nitrogens with one attached hydrogen (secondary N) is 1. The van der Waals surface area contributed by atoms with Gasteiger partial charge >= 0.3 is 5.51 Å². The van der Waals surface area contributed by atoms with Gasteiger partial charge in [0.25, 0.3) is 5.91 Å². The summed E-state index contributed by atoms with van der Waals surface area (Å²) in [6, 6.07) is 9.58. The van der Waals surface area contributed by atoms with Gasteiger partial charge in [0, 0.05) is 18.0 Å². The fourth-order valence-corrected chi connectivity index (χ4v) is 5.63. The Morgan fingerprint density at radius 1 is 1.15 bits per heavy atom. The third kappa shape index (κ3) is 6.10. The summed E-state index contributed by atoms with van der Waals surface area (Å²) in [7, 11) is -2.81. The molecule has 0 aliphatic carbocycles. The fraction of sp³-hybridized carbons (Fsp3) is 0.350. The first-order valence-corrected chi connectivity index (χ1v) is 11.9. The van der Waals surface area contributed by atoms with Gasteiger partial charge in [0.2, 0.25) is 10.0 Å². The van der Waals surface area contributed by atoms with Crippen LogP contribution in [0.25, 0.3) is 0 Å². The van der Waals surface area contributed by atoms with Crippen molar-refractivity contribution in [2.75, 3.05) is 20.2 Å². The van der Waals surface area contributed by atoms with Gasteiger partial charge in [0.05, 0.1) is 12.0 Å². The molecule has 2 aromatic rings. The van der Waals surface area contributed by atoms with Crippen molar-refractivity contribution < 1.29 is 41.1 Å². The molecule has 2 aromatic carbocycles. The number of hydrogen-bond donors (Lipinski definition) is 2. The molecule has 0 saturated carbocycles. The summed E-state index contributed by atoms with van der Waals surface area (Å²) >= 11 is -0.218. The Morgan fingerprint density at radius 2 is 1.79 bits per heavy atom. The lowest BCUT2D eigenvalue weighted by Gasteiger charge is -2.32. The molecule has 0 aromatic heterocycles. The molecule has 13 heteroatoms. The summed E-state index contributed by atoms with van der Waals surface area (Å²) in [5.74, 6) is -0.637. The molecule has 8 nitrogen and oxygen atoms in total. The normalized spacial score (nSPS) is 15.8. The van der Waals surface area contributed by atoms with E-state index in [0.717, 1.165) is 0 Å². The number of carbonyl (C=O) groups is 1. The SMILES string of the molecule is COc1cccc(S(=O)(=O)N2CCC(Oc3ccc(SC(F)(F)F)cc3)CC2)c1C(=O)NO. The summed E-state index contributed by atoms with van der Waals surface area (Å²) in [6.07, 6.45) is 0.344. The zero-order chi connectivity index (χ0) is 24.2. The fourth-order valence-electron chi connectivity index (χ4n) is 3.42. The molecule has 1 aliphatic heterocycles. The predicted molar refractivity (Wildman–Crippen MR) is 113 cm³/mol. The van der Waals surface area contributed by atoms with Crippen molar-refractivity contribution in [3.05, 3.63) is 48.0 Å². The highest BCUT2D eigenvalue weighted by Crippen LogP contribution is 2.37. The number of ether oxygens (including phenoxy) is 2. The van der Waals surface area contributed by atoms with Gasteiger partial charge in [-0.3, -0.25) is 10.0 Å². The number of halogens is 3. The van der Waals surface area contributed by atoms with Crippen LogP contribution in [0.1, 0.15) is 23.2 Å². The lowest BCUT2D eigenvalue weighted by Crippen LogP contribution is -2.42. The lowest BCUT2D eigenvalue weighted by molar-refractivity contribution is -0.0328. The van der Waals surface area contributed by atoms with E-state index in [1.54, 1.807) is 0 Å². The minimum atomic E-state index is -4.37. The predicted octanol–water partition coefficient (Wildman–Crippen LogP) is 3.66. The molecule has 3 rings (SSSR count). The average molecular weight is 507 g/mol. The Morgan fingerprint density at radius 3 is 2.33 bits per heavy atom. The molecule has 0 radical (unpaired) electrons. The van der Waals surface area contributed by atoms with Crippen LogP contribution in [-0.4, -0.2) is 55.6 Å². The number of hydrogen-bond acceptors (Lipinski definition) is 7. The number of methoxy groups -OCH3 is 1. The largest absolute Gasteiger partial charge is 0.496 e. The number of hydroxylamine groups is 1. The highest BCUT2D eigenvalue weighted by Gasteiger charge is 2.34. The summed E-state index contributed by atoms with van der Waals surface area (Å²) in [4.78, 5) is 11.8. The van der Waals surface area contributed by atoms with Gasteiger partial charge in [-0.2, -0.15) is 17.5 Å². The summed E-state index contributed by atoms with van der Waals surface area (Å²) in [5, 5.41) is 9.02. The highest BCUT2D eigenvalue weighted by molar-refractivity contribution is 8.00. The summed E-state index contributed by atoms with van der Waals surface area (Å²) in [6.45, 7) is 0.207. The van der Waals surface area contributed by atoms with Crippen molar-refractivity contribution in [2.45, 2.75) is 34.2 Å². The Bertz CT molecular complexity index is 1090. The van der Waals surface area contributed by atoms with Crippen molar-refractivity contribution in [1.82, 2.24) is 9.79 Å². The third-order valence-corrected chi connectivity index (χ3v) is 7.60. The molecule has 2 N–H and O–H groups in total. The molecule has 1 aliphatic rings. The average Bonchev–Trinajstić information content (AvgIpc) is 2.78. The molecule has 0 atom stereocenters. The molecular formula is C20H21F3N2O6S2. The maximum Gasteiger partial charge on any atom is 0.446 e. The van der Waals surface area contributed by atoms with Gasteiger partial charge in [-0.15, -0.1) is 0 Å². The number of amides is 1. The molecule has 1 fully saturated rings. The van der Waals surface area contributed by atoms with E-state index in [-0.39, 0.29) is 52.1 Å². The Labute approximate surface area is 192 Å². The molecular weight excluding hydrogens is 485 g/mol. The maximum atomic E-state index is 13.2. The number of alkyl halides is 3. The first-order chi connectivity index (χ1) is 15.5. The Balaban J connectivity index is 1.68. The first-order valence-electron chi connectivity index (χ1n) is 9.69. The molecule has 1 heterocycles. The molecule has 33 heavy (non-hydrogen) atoms. The summed E-state index contributed by atoms with van der Waals surface area (Å²) in [5.41, 5.74) is -3.25. The van der Waals surface area contributed by atoms with Crippen molar-refractivity contribution in [1.29, 1.82) is 0 Å². The van der Waals surface area contributed by atoms with E-state index in [4.69, 9.17) is 14.7 Å². The van der Waals surface area contributed by atoms with Gasteiger partial charge in [-0.05, 0) is 61.0 Å². The maximum absolute atomic E-state index is 13.2. The van der Waals surface area contributed by atoms with Crippen molar-refractivity contribution in [2.24, 2.45) is 0 Å². The van der Waals surface area contributed by atoms with Crippen LogP contribution in [0.15, 0.2) is 52.3 Å². The van der Waals surface area contributed by atoms with E-state index in [2.05, 4.69) is 0 Å². The standard InChI is InChI=1S/C20H21F3N2O6S2/c1-30-16-3-2-4-17(18(16)19(26)24-27)33(28,29)25-11-9-14(10-12-25)31-13-5-7-15(8-6-13)32-20(21,22)23/h2-8,14,27H,9-12H2,1H3,(H,24,26). The second-order valence-corrected chi connectivity index (χ2v) is 10.1. The zero-order valence-electron chi connectivity index (χ0n) is 17.3. The quantitative estimate of drug-likeness (QED) is 0.336. The van der Waals surface area contributed by atoms with Crippen LogP contribution in [0.4, 0.5) is 13.2 Å². The third-order valence-electron chi connectivity index (χ3n) is 4.92. The van der Waals surface area contributed by atoms with E-state index >= 15 is 0 Å². The van der Waals surface area contributed by atoms with Crippen LogP contribution in [0, 0.1) is 0 Å². The van der Waals surface area contributed by atoms with E-state index < -0.39 is 21.4 Å². The number of carbonyl (C=O) groups excluding carboxylic acids is 1. The van der Waals surface area contributed by atoms with E-state index in [9.17, 15) is 26.4 Å². The molecule has 1 saturated heterocycles. The molecule has 0 spiro atoms. The monoisotopic (exact) mass is 506 g/mol. The number of rotatable bonds is 7. The van der Waals surface area contributed by atoms with E-state index in [1.807, 2.05) is 0 Å². The number of benzene rings is 2.